The van der Waals surface area contributed by atoms with Gasteiger partial charge in [0.05, 0.1) is 13.2 Å². The molecule has 1 atom stereocenters. The van der Waals surface area contributed by atoms with Crippen molar-refractivity contribution in [3.8, 4) is 0 Å². The molecule has 5 nitrogen and oxygen atoms in total. The van der Waals surface area contributed by atoms with Gasteiger partial charge in [-0.2, -0.15) is 0 Å². The average molecular weight is 252 g/mol. The van der Waals surface area contributed by atoms with Gasteiger partial charge in [0.25, 0.3) is 0 Å². The predicted octanol–water partition coefficient (Wildman–Crippen LogP) is 1.04. The fourth-order valence-corrected chi connectivity index (χ4v) is 3.02. The van der Waals surface area contributed by atoms with E-state index in [0.29, 0.717) is 0 Å². The molecule has 0 aromatic heterocycles. The molecular formula is C10H24O5Si. The monoisotopic (exact) mass is 252 g/mol. The van der Waals surface area contributed by atoms with E-state index in [1.165, 1.54) is 0 Å². The van der Waals surface area contributed by atoms with Crippen LogP contribution in [0.25, 0.3) is 0 Å². The third-order valence-electron chi connectivity index (χ3n) is 2.38. The Morgan fingerprint density at radius 2 is 1.75 bits per heavy atom. The van der Waals surface area contributed by atoms with Gasteiger partial charge in [0, 0.05) is 27.4 Å². The Hall–Kier alpha value is 0.0169. The molecule has 1 aliphatic heterocycles. The van der Waals surface area contributed by atoms with E-state index in [9.17, 15) is 0 Å². The minimum atomic E-state index is -2.24. The lowest BCUT2D eigenvalue weighted by molar-refractivity contribution is 0.123. The Labute approximate surface area is 99.0 Å². The Morgan fingerprint density at radius 1 is 1.25 bits per heavy atom. The van der Waals surface area contributed by atoms with Crippen molar-refractivity contribution in [1.29, 1.82) is 0 Å². The molecule has 1 unspecified atom stereocenters. The minimum absolute atomic E-state index is 0.190. The second kappa shape index (κ2) is 9.09. The van der Waals surface area contributed by atoms with E-state index in [4.69, 9.17) is 18.4 Å². The fourth-order valence-electron chi connectivity index (χ4n) is 1.12. The Morgan fingerprint density at radius 3 is 1.94 bits per heavy atom. The van der Waals surface area contributed by atoms with Crippen LogP contribution in [0.3, 0.4) is 0 Å². The van der Waals surface area contributed by atoms with E-state index in [-0.39, 0.29) is 12.7 Å². The highest BCUT2D eigenvalue weighted by atomic mass is 28.4. The van der Waals surface area contributed by atoms with Gasteiger partial charge in [0.15, 0.2) is 0 Å². The number of aliphatic hydroxyl groups excluding tert-OH is 1. The third-order valence-corrected chi connectivity index (χ3v) is 5.21. The van der Waals surface area contributed by atoms with E-state index >= 15 is 0 Å². The molecule has 0 aliphatic carbocycles. The summed E-state index contributed by atoms with van der Waals surface area (Å²) in [5.41, 5.74) is 0. The zero-order valence-electron chi connectivity index (χ0n) is 10.7. The van der Waals surface area contributed by atoms with Crippen molar-refractivity contribution in [2.24, 2.45) is 0 Å². The molecular weight excluding hydrogens is 228 g/mol. The van der Waals surface area contributed by atoms with Crippen molar-refractivity contribution in [2.75, 3.05) is 34.5 Å². The second-order valence-corrected chi connectivity index (χ2v) is 6.63. The number of unbranched alkanes of at least 4 members (excludes halogenated alkanes) is 1. The lowest BCUT2D eigenvalue weighted by Gasteiger charge is -2.23. The minimum Gasteiger partial charge on any atom is -0.394 e. The molecule has 0 aromatic carbocycles. The zero-order chi connectivity index (χ0) is 12.4. The van der Waals surface area contributed by atoms with Gasteiger partial charge in [0.2, 0.25) is 0 Å². The van der Waals surface area contributed by atoms with Gasteiger partial charge in [0.1, 0.15) is 6.10 Å². The summed E-state index contributed by atoms with van der Waals surface area (Å²) in [6.07, 6.45) is 2.43. The Balaban J connectivity index is 0.000000368. The molecule has 0 spiro atoms. The Bertz CT molecular complexity index is 151. The van der Waals surface area contributed by atoms with Crippen LogP contribution in [0, 0.1) is 0 Å². The summed E-state index contributed by atoms with van der Waals surface area (Å²) >= 11 is 0. The number of aliphatic hydroxyl groups is 1. The van der Waals surface area contributed by atoms with E-state index < -0.39 is 8.80 Å². The van der Waals surface area contributed by atoms with Crippen molar-refractivity contribution < 1.29 is 23.1 Å². The van der Waals surface area contributed by atoms with E-state index in [1.807, 2.05) is 0 Å². The van der Waals surface area contributed by atoms with Crippen LogP contribution in [0.4, 0.5) is 0 Å². The van der Waals surface area contributed by atoms with Crippen LogP contribution in [0.2, 0.25) is 6.04 Å². The summed E-state index contributed by atoms with van der Waals surface area (Å²) in [5.74, 6) is 0. The number of epoxide rings is 1. The molecule has 1 aliphatic rings. The summed E-state index contributed by atoms with van der Waals surface area (Å²) in [7, 11) is 2.70. The topological polar surface area (TPSA) is 60.5 Å². The van der Waals surface area contributed by atoms with Crippen LogP contribution < -0.4 is 0 Å². The summed E-state index contributed by atoms with van der Waals surface area (Å²) < 4.78 is 20.3. The van der Waals surface area contributed by atoms with E-state index in [0.717, 1.165) is 25.5 Å². The van der Waals surface area contributed by atoms with Crippen molar-refractivity contribution in [1.82, 2.24) is 0 Å². The molecule has 98 valence electrons. The van der Waals surface area contributed by atoms with Gasteiger partial charge in [-0.3, -0.25) is 0 Å². The fraction of sp³-hybridized carbons (Fsp3) is 1.00. The number of hydrogen-bond donors (Lipinski definition) is 1. The van der Waals surface area contributed by atoms with Gasteiger partial charge in [-0.1, -0.05) is 13.3 Å². The van der Waals surface area contributed by atoms with Gasteiger partial charge in [-0.15, -0.1) is 0 Å². The van der Waals surface area contributed by atoms with Crippen molar-refractivity contribution in [2.45, 2.75) is 31.9 Å². The molecule has 16 heavy (non-hydrogen) atoms. The first-order valence-corrected chi connectivity index (χ1v) is 7.49. The maximum atomic E-state index is 8.08. The molecule has 1 rings (SSSR count). The molecule has 1 N–H and O–H groups in total. The number of hydrogen-bond acceptors (Lipinski definition) is 5. The van der Waals surface area contributed by atoms with Gasteiger partial charge in [-0.05, 0) is 6.42 Å². The van der Waals surface area contributed by atoms with Crippen LogP contribution in [-0.4, -0.2) is 54.6 Å². The van der Waals surface area contributed by atoms with E-state index in [1.54, 1.807) is 21.3 Å². The van der Waals surface area contributed by atoms with Gasteiger partial charge >= 0.3 is 8.80 Å². The van der Waals surface area contributed by atoms with Crippen molar-refractivity contribution >= 4 is 8.80 Å². The maximum absolute atomic E-state index is 8.08. The molecule has 0 radical (unpaired) electrons. The highest BCUT2D eigenvalue weighted by Gasteiger charge is 2.36. The first kappa shape index (κ1) is 16.0. The lowest BCUT2D eigenvalue weighted by Crippen LogP contribution is -2.42. The van der Waals surface area contributed by atoms with Gasteiger partial charge in [-0.25, -0.2) is 0 Å². The van der Waals surface area contributed by atoms with Crippen LogP contribution in [0.1, 0.15) is 19.8 Å². The molecule has 0 amide bonds. The summed E-state index contributed by atoms with van der Waals surface area (Å²) in [4.78, 5) is 0. The van der Waals surface area contributed by atoms with Crippen LogP contribution in [-0.2, 0) is 18.0 Å². The third kappa shape index (κ3) is 6.57. The molecule has 1 heterocycles. The van der Waals surface area contributed by atoms with E-state index in [2.05, 4.69) is 11.7 Å². The smallest absolute Gasteiger partial charge is 0.394 e. The van der Waals surface area contributed by atoms with Crippen molar-refractivity contribution in [3.63, 3.8) is 0 Å². The zero-order valence-corrected chi connectivity index (χ0v) is 11.7. The maximum Gasteiger partial charge on any atom is 0.500 e. The average Bonchev–Trinajstić information content (AvgIpc) is 3.16. The first-order valence-electron chi connectivity index (χ1n) is 5.55. The highest BCUT2D eigenvalue weighted by molar-refractivity contribution is 6.60. The SMILES string of the molecule is CCCC[Si](OC)(OC)OC.OCC1CO1. The molecule has 0 saturated carbocycles. The summed E-state index contributed by atoms with van der Waals surface area (Å²) in [6.45, 7) is 3.09. The van der Waals surface area contributed by atoms with Gasteiger partial charge < -0.3 is 23.1 Å². The molecule has 6 heteroatoms. The standard InChI is InChI=1S/C7H18O3Si.C3H6O2/c1-5-6-7-11(8-2,9-3)10-4;4-1-3-2-5-3/h5-7H2,1-4H3;3-4H,1-2H2. The lowest BCUT2D eigenvalue weighted by atomic mass is 10.4. The predicted molar refractivity (Wildman–Crippen MR) is 63.3 cm³/mol. The number of rotatable bonds is 7. The summed E-state index contributed by atoms with van der Waals surface area (Å²) in [5, 5.41) is 8.08. The second-order valence-electron chi connectivity index (χ2n) is 3.54. The largest absolute Gasteiger partial charge is 0.500 e. The Kier molecular flexibility index (Phi) is 9.10. The molecule has 1 saturated heterocycles. The van der Waals surface area contributed by atoms with Crippen molar-refractivity contribution in [3.05, 3.63) is 0 Å². The summed E-state index contributed by atoms with van der Waals surface area (Å²) in [6, 6.07) is 0.910. The number of ether oxygens (including phenoxy) is 1. The first-order chi connectivity index (χ1) is 7.67. The normalized spacial score (nSPS) is 18.9. The highest BCUT2D eigenvalue weighted by Crippen LogP contribution is 2.15. The molecule has 0 aromatic rings. The van der Waals surface area contributed by atoms with Crippen LogP contribution in [0.5, 0.6) is 0 Å². The molecule has 0 bridgehead atoms. The van der Waals surface area contributed by atoms with Crippen LogP contribution >= 0.6 is 0 Å². The molecule has 1 fully saturated rings. The van der Waals surface area contributed by atoms with Crippen LogP contribution in [0.15, 0.2) is 0 Å². The quantitative estimate of drug-likeness (QED) is 0.542.